The molecule has 0 aliphatic heterocycles. The number of carbonyl (C=O) groups is 2. The van der Waals surface area contributed by atoms with Gasteiger partial charge < -0.3 is 15.5 Å². The van der Waals surface area contributed by atoms with Gasteiger partial charge in [-0.05, 0) is 50.0 Å². The van der Waals surface area contributed by atoms with Gasteiger partial charge in [0.1, 0.15) is 6.04 Å². The van der Waals surface area contributed by atoms with Gasteiger partial charge in [0.25, 0.3) is 11.6 Å². The number of amides is 2. The number of hydrogen-bond acceptors (Lipinski definition) is 6. The van der Waals surface area contributed by atoms with E-state index < -0.39 is 16.9 Å². The Balaban J connectivity index is 1.99. The van der Waals surface area contributed by atoms with Gasteiger partial charge in [-0.25, -0.2) is 0 Å². The summed E-state index contributed by atoms with van der Waals surface area (Å²) in [6, 6.07) is 12.9. The Morgan fingerprint density at radius 1 is 1.19 bits per heavy atom. The number of nitro groups is 1. The van der Waals surface area contributed by atoms with Gasteiger partial charge in [-0.15, -0.1) is 0 Å². The zero-order valence-corrected chi connectivity index (χ0v) is 19.5. The minimum atomic E-state index is -0.720. The number of nitrogens with one attached hydrogen (secondary N) is 2. The van der Waals surface area contributed by atoms with E-state index in [1.54, 1.807) is 11.8 Å². The van der Waals surface area contributed by atoms with Crippen LogP contribution in [0, 0.1) is 17.0 Å². The highest BCUT2D eigenvalue weighted by molar-refractivity contribution is 7.98. The molecule has 0 spiro atoms. The first-order valence-electron chi connectivity index (χ1n) is 10.5. The van der Waals surface area contributed by atoms with E-state index in [0.29, 0.717) is 25.3 Å². The number of nitro benzene ring substituents is 1. The Hall–Kier alpha value is -3.07. The predicted octanol–water partition coefficient (Wildman–Crippen LogP) is 3.40. The van der Waals surface area contributed by atoms with Crippen molar-refractivity contribution in [3.05, 3.63) is 69.8 Å². The van der Waals surface area contributed by atoms with E-state index in [4.69, 9.17) is 0 Å². The van der Waals surface area contributed by atoms with Crippen molar-refractivity contribution < 1.29 is 14.5 Å². The minimum Gasteiger partial charge on any atom is -0.370 e. The van der Waals surface area contributed by atoms with E-state index in [9.17, 15) is 19.7 Å². The smallest absolute Gasteiger partial charge is 0.270 e. The summed E-state index contributed by atoms with van der Waals surface area (Å²) in [4.78, 5) is 38.0. The van der Waals surface area contributed by atoms with Crippen molar-refractivity contribution in [1.82, 2.24) is 10.6 Å². The molecular formula is C23H30N4O4S. The third-order valence-electron chi connectivity index (χ3n) is 5.07. The van der Waals surface area contributed by atoms with E-state index in [2.05, 4.69) is 41.5 Å². The zero-order valence-electron chi connectivity index (χ0n) is 18.7. The lowest BCUT2D eigenvalue weighted by Crippen LogP contribution is -2.48. The van der Waals surface area contributed by atoms with Gasteiger partial charge in [-0.1, -0.05) is 24.3 Å². The van der Waals surface area contributed by atoms with Crippen molar-refractivity contribution >= 4 is 35.0 Å². The first kappa shape index (κ1) is 25.2. The van der Waals surface area contributed by atoms with Crippen LogP contribution < -0.4 is 15.5 Å². The number of hydrogen-bond donors (Lipinski definition) is 2. The third kappa shape index (κ3) is 7.26. The lowest BCUT2D eigenvalue weighted by Gasteiger charge is -2.25. The van der Waals surface area contributed by atoms with Crippen LogP contribution in [0.25, 0.3) is 0 Å². The Morgan fingerprint density at radius 2 is 1.94 bits per heavy atom. The molecule has 1 unspecified atom stereocenters. The molecule has 2 rings (SSSR count). The van der Waals surface area contributed by atoms with Crippen molar-refractivity contribution in [3.8, 4) is 0 Å². The van der Waals surface area contributed by atoms with Crippen molar-refractivity contribution in [2.45, 2.75) is 26.3 Å². The van der Waals surface area contributed by atoms with Crippen LogP contribution in [0.15, 0.2) is 48.5 Å². The molecule has 2 aromatic rings. The van der Waals surface area contributed by atoms with Crippen LogP contribution in [0.5, 0.6) is 0 Å². The molecule has 0 fully saturated rings. The first-order chi connectivity index (χ1) is 15.4. The van der Waals surface area contributed by atoms with Crippen LogP contribution in [0.1, 0.15) is 29.3 Å². The Labute approximate surface area is 192 Å². The lowest BCUT2D eigenvalue weighted by atomic mass is 10.1. The second kappa shape index (κ2) is 12.7. The standard InChI is InChI=1S/C23H30N4O4S/c1-4-26(21-11-6-5-8-17(21)2)14-13-24-23(29)20(12-15-32-3)25-22(28)18-9-7-10-19(16-18)27(30)31/h5-11,16,20H,4,12-15H2,1-3H3,(H,24,29)(H,25,28). The fraction of sp³-hybridized carbons (Fsp3) is 0.391. The van der Waals surface area contributed by atoms with Crippen LogP contribution in [-0.2, 0) is 4.79 Å². The van der Waals surface area contributed by atoms with Crippen molar-refractivity contribution in [2.75, 3.05) is 36.5 Å². The average Bonchev–Trinajstić information content (AvgIpc) is 2.80. The molecule has 32 heavy (non-hydrogen) atoms. The predicted molar refractivity (Wildman–Crippen MR) is 129 cm³/mol. The maximum absolute atomic E-state index is 12.8. The monoisotopic (exact) mass is 458 g/mol. The Bertz CT molecular complexity index is 938. The fourth-order valence-corrected chi connectivity index (χ4v) is 3.78. The normalized spacial score (nSPS) is 11.5. The molecule has 0 saturated heterocycles. The highest BCUT2D eigenvalue weighted by Crippen LogP contribution is 2.18. The molecule has 9 heteroatoms. The average molecular weight is 459 g/mol. The topological polar surface area (TPSA) is 105 Å². The first-order valence-corrected chi connectivity index (χ1v) is 11.9. The molecule has 0 saturated carbocycles. The molecule has 2 N–H and O–H groups in total. The maximum Gasteiger partial charge on any atom is 0.270 e. The quantitative estimate of drug-likeness (QED) is 0.373. The van der Waals surface area contributed by atoms with Crippen LogP contribution in [-0.4, -0.2) is 54.4 Å². The van der Waals surface area contributed by atoms with Crippen LogP contribution in [0.2, 0.25) is 0 Å². The molecule has 0 radical (unpaired) electrons. The molecule has 0 heterocycles. The number of non-ortho nitro benzene ring substituents is 1. The number of likely N-dealkylation sites (N-methyl/N-ethyl adjacent to an activating group) is 1. The van der Waals surface area contributed by atoms with E-state index in [1.807, 2.05) is 18.4 Å². The zero-order chi connectivity index (χ0) is 23.5. The van der Waals surface area contributed by atoms with Gasteiger partial charge in [-0.2, -0.15) is 11.8 Å². The van der Waals surface area contributed by atoms with Gasteiger partial charge in [0.2, 0.25) is 5.91 Å². The van der Waals surface area contributed by atoms with Gasteiger partial charge in [0, 0.05) is 43.0 Å². The Kier molecular flexibility index (Phi) is 10.0. The summed E-state index contributed by atoms with van der Waals surface area (Å²) in [6.07, 6.45) is 2.39. The van der Waals surface area contributed by atoms with Gasteiger partial charge in [0.15, 0.2) is 0 Å². The number of benzene rings is 2. The number of aryl methyl sites for hydroxylation is 1. The number of para-hydroxylation sites is 1. The summed E-state index contributed by atoms with van der Waals surface area (Å²) in [5.41, 5.74) is 2.28. The largest absolute Gasteiger partial charge is 0.370 e. The summed E-state index contributed by atoms with van der Waals surface area (Å²) in [7, 11) is 0. The second-order valence-electron chi connectivity index (χ2n) is 7.27. The number of anilines is 1. The molecule has 2 aromatic carbocycles. The second-order valence-corrected chi connectivity index (χ2v) is 8.26. The molecule has 0 aliphatic carbocycles. The minimum absolute atomic E-state index is 0.151. The fourth-order valence-electron chi connectivity index (χ4n) is 3.31. The molecule has 172 valence electrons. The number of rotatable bonds is 12. The summed E-state index contributed by atoms with van der Waals surface area (Å²) >= 11 is 1.58. The van der Waals surface area contributed by atoms with Gasteiger partial charge in [-0.3, -0.25) is 19.7 Å². The highest BCUT2D eigenvalue weighted by atomic mass is 32.2. The molecule has 2 amide bonds. The van der Waals surface area contributed by atoms with Crippen LogP contribution in [0.3, 0.4) is 0 Å². The molecule has 0 aromatic heterocycles. The van der Waals surface area contributed by atoms with Gasteiger partial charge >= 0.3 is 0 Å². The SMILES string of the molecule is CCN(CCNC(=O)C(CCSC)NC(=O)c1cccc([N+](=O)[O-])c1)c1ccccc1C. The molecule has 0 bridgehead atoms. The van der Waals surface area contributed by atoms with Crippen LogP contribution >= 0.6 is 11.8 Å². The molecule has 8 nitrogen and oxygen atoms in total. The van der Waals surface area contributed by atoms with Gasteiger partial charge in [0.05, 0.1) is 4.92 Å². The molecule has 1 atom stereocenters. The third-order valence-corrected chi connectivity index (χ3v) is 5.71. The van der Waals surface area contributed by atoms with Crippen molar-refractivity contribution in [1.29, 1.82) is 0 Å². The maximum atomic E-state index is 12.8. The number of nitrogens with zero attached hydrogens (tertiary/aromatic N) is 2. The van der Waals surface area contributed by atoms with E-state index >= 15 is 0 Å². The van der Waals surface area contributed by atoms with Crippen molar-refractivity contribution in [2.24, 2.45) is 0 Å². The van der Waals surface area contributed by atoms with Crippen molar-refractivity contribution in [3.63, 3.8) is 0 Å². The molecule has 0 aliphatic rings. The van der Waals surface area contributed by atoms with Crippen LogP contribution in [0.4, 0.5) is 11.4 Å². The number of carbonyl (C=O) groups excluding carboxylic acids is 2. The van der Waals surface area contributed by atoms with E-state index in [1.165, 1.54) is 29.8 Å². The summed E-state index contributed by atoms with van der Waals surface area (Å²) in [6.45, 7) is 6.00. The summed E-state index contributed by atoms with van der Waals surface area (Å²) < 4.78 is 0. The lowest BCUT2D eigenvalue weighted by molar-refractivity contribution is -0.384. The summed E-state index contributed by atoms with van der Waals surface area (Å²) in [5.74, 6) is -0.0823. The van der Waals surface area contributed by atoms with E-state index in [0.717, 1.165) is 12.2 Å². The summed E-state index contributed by atoms with van der Waals surface area (Å²) in [5, 5.41) is 16.6. The Morgan fingerprint density at radius 3 is 2.59 bits per heavy atom. The number of thioether (sulfide) groups is 1. The van der Waals surface area contributed by atoms with E-state index in [-0.39, 0.29) is 17.2 Å². The highest BCUT2D eigenvalue weighted by Gasteiger charge is 2.22. The molecular weight excluding hydrogens is 428 g/mol.